The van der Waals surface area contributed by atoms with Gasteiger partial charge in [0.05, 0.1) is 18.9 Å². The molecule has 0 atom stereocenters. The first kappa shape index (κ1) is 21.1. The van der Waals surface area contributed by atoms with Crippen LogP contribution in [0.3, 0.4) is 0 Å². The quantitative estimate of drug-likeness (QED) is 0.376. The Bertz CT molecular complexity index is 1260. The number of carbonyl (C=O) groups is 2. The molecule has 4 rings (SSSR count). The van der Waals surface area contributed by atoms with Gasteiger partial charge < -0.3 is 20.1 Å². The van der Waals surface area contributed by atoms with Crippen LogP contribution in [0.15, 0.2) is 66.7 Å². The molecule has 0 aliphatic heterocycles. The van der Waals surface area contributed by atoms with E-state index in [1.807, 2.05) is 6.07 Å². The van der Waals surface area contributed by atoms with Crippen molar-refractivity contribution in [1.82, 2.24) is 4.98 Å². The molecule has 0 bridgehead atoms. The summed E-state index contributed by atoms with van der Waals surface area (Å²) in [6, 6.07) is 19.0. The Morgan fingerprint density at radius 1 is 0.844 bits per heavy atom. The number of rotatable bonds is 6. The van der Waals surface area contributed by atoms with Gasteiger partial charge in [-0.3, -0.25) is 10.1 Å². The van der Waals surface area contributed by atoms with Gasteiger partial charge in [-0.05, 0) is 42.5 Å². The fourth-order valence-corrected chi connectivity index (χ4v) is 3.92. The van der Waals surface area contributed by atoms with E-state index in [-0.39, 0.29) is 5.91 Å². The van der Waals surface area contributed by atoms with Gasteiger partial charge in [0, 0.05) is 23.0 Å². The van der Waals surface area contributed by atoms with Gasteiger partial charge in [-0.1, -0.05) is 29.5 Å². The van der Waals surface area contributed by atoms with Crippen LogP contribution in [0.2, 0.25) is 0 Å². The molecule has 0 fully saturated rings. The molecule has 0 radical (unpaired) electrons. The van der Waals surface area contributed by atoms with Gasteiger partial charge in [-0.15, -0.1) is 0 Å². The highest BCUT2D eigenvalue weighted by atomic mass is 32.1. The molecule has 3 aromatic carbocycles. The summed E-state index contributed by atoms with van der Waals surface area (Å²) in [5.74, 6) is 0.936. The van der Waals surface area contributed by atoms with Crippen LogP contribution in [0.4, 0.5) is 21.3 Å². The standard InChI is InChI=1S/C23H20N4O4S/c1-30-17-10-8-15(9-11-17)24-22(29)25-16-12-18(31-2)20-19(13-16)32-23(26-20)27-21(28)14-6-4-3-5-7-14/h3-13H,1-2H3,(H2,24,25,29)(H,26,27,28). The molecule has 0 aliphatic carbocycles. The molecule has 32 heavy (non-hydrogen) atoms. The lowest BCUT2D eigenvalue weighted by atomic mass is 10.2. The summed E-state index contributed by atoms with van der Waals surface area (Å²) in [5, 5.41) is 8.79. The van der Waals surface area contributed by atoms with Crippen molar-refractivity contribution >= 4 is 50.0 Å². The zero-order chi connectivity index (χ0) is 22.5. The first-order chi connectivity index (χ1) is 15.6. The highest BCUT2D eigenvalue weighted by molar-refractivity contribution is 7.22. The van der Waals surface area contributed by atoms with Crippen molar-refractivity contribution in [3.8, 4) is 11.5 Å². The predicted octanol–water partition coefficient (Wildman–Crippen LogP) is 5.21. The number of thiazole rings is 1. The van der Waals surface area contributed by atoms with E-state index in [1.54, 1.807) is 67.8 Å². The molecule has 1 heterocycles. The van der Waals surface area contributed by atoms with Gasteiger partial charge in [0.15, 0.2) is 5.13 Å². The number of nitrogens with one attached hydrogen (secondary N) is 3. The maximum atomic E-state index is 12.4. The number of hydrogen-bond donors (Lipinski definition) is 3. The van der Waals surface area contributed by atoms with Crippen molar-refractivity contribution in [2.24, 2.45) is 0 Å². The fourth-order valence-electron chi connectivity index (χ4n) is 3.01. The lowest BCUT2D eigenvalue weighted by molar-refractivity contribution is 0.102. The van der Waals surface area contributed by atoms with Crippen molar-refractivity contribution < 1.29 is 19.1 Å². The average Bonchev–Trinajstić information content (AvgIpc) is 3.21. The van der Waals surface area contributed by atoms with Crippen LogP contribution in [0, 0.1) is 0 Å². The summed E-state index contributed by atoms with van der Waals surface area (Å²) in [6.07, 6.45) is 0. The third kappa shape index (κ3) is 4.79. The maximum Gasteiger partial charge on any atom is 0.323 e. The molecular weight excluding hydrogens is 428 g/mol. The zero-order valence-electron chi connectivity index (χ0n) is 17.3. The number of hydrogen-bond acceptors (Lipinski definition) is 6. The minimum Gasteiger partial charge on any atom is -0.497 e. The van der Waals surface area contributed by atoms with E-state index in [4.69, 9.17) is 9.47 Å². The Morgan fingerprint density at radius 3 is 2.25 bits per heavy atom. The Balaban J connectivity index is 1.51. The zero-order valence-corrected chi connectivity index (χ0v) is 18.2. The van der Waals surface area contributed by atoms with Gasteiger partial charge >= 0.3 is 6.03 Å². The Kier molecular flexibility index (Phi) is 6.18. The van der Waals surface area contributed by atoms with Crippen LogP contribution in [-0.4, -0.2) is 31.1 Å². The second-order valence-electron chi connectivity index (χ2n) is 6.67. The van der Waals surface area contributed by atoms with E-state index in [2.05, 4.69) is 20.9 Å². The number of aromatic nitrogens is 1. The summed E-state index contributed by atoms with van der Waals surface area (Å²) in [4.78, 5) is 29.3. The van der Waals surface area contributed by atoms with Gasteiger partial charge in [-0.25, -0.2) is 9.78 Å². The number of carbonyl (C=O) groups excluding carboxylic acids is 2. The molecular formula is C23H20N4O4S. The van der Waals surface area contributed by atoms with Crippen LogP contribution in [-0.2, 0) is 0 Å². The van der Waals surface area contributed by atoms with Crippen LogP contribution >= 0.6 is 11.3 Å². The summed E-state index contributed by atoms with van der Waals surface area (Å²) in [7, 11) is 3.11. The molecule has 3 N–H and O–H groups in total. The van der Waals surface area contributed by atoms with Crippen LogP contribution in [0.1, 0.15) is 10.4 Å². The number of amides is 3. The SMILES string of the molecule is COc1ccc(NC(=O)Nc2cc(OC)c3nc(NC(=O)c4ccccc4)sc3c2)cc1. The van der Waals surface area contributed by atoms with E-state index >= 15 is 0 Å². The Morgan fingerprint density at radius 2 is 1.56 bits per heavy atom. The topological polar surface area (TPSA) is 102 Å². The van der Waals surface area contributed by atoms with Crippen molar-refractivity contribution in [1.29, 1.82) is 0 Å². The Hall–Kier alpha value is -4.11. The number of ether oxygens (including phenoxy) is 2. The summed E-state index contributed by atoms with van der Waals surface area (Å²) < 4.78 is 11.3. The maximum absolute atomic E-state index is 12.4. The van der Waals surface area contributed by atoms with Crippen molar-refractivity contribution in [2.45, 2.75) is 0 Å². The number of urea groups is 1. The van der Waals surface area contributed by atoms with Gasteiger partial charge in [0.2, 0.25) is 0 Å². The Labute approximate surface area is 188 Å². The second-order valence-corrected chi connectivity index (χ2v) is 7.70. The van der Waals surface area contributed by atoms with E-state index in [1.165, 1.54) is 18.4 Å². The minimum atomic E-state index is -0.404. The van der Waals surface area contributed by atoms with E-state index < -0.39 is 6.03 Å². The molecule has 0 aliphatic rings. The van der Waals surface area contributed by atoms with E-state index in [0.717, 1.165) is 4.70 Å². The molecule has 162 valence electrons. The minimum absolute atomic E-state index is 0.249. The fraction of sp³-hybridized carbons (Fsp3) is 0.0870. The highest BCUT2D eigenvalue weighted by Gasteiger charge is 2.15. The van der Waals surface area contributed by atoms with Crippen LogP contribution in [0.25, 0.3) is 10.2 Å². The first-order valence-electron chi connectivity index (χ1n) is 9.63. The lowest BCUT2D eigenvalue weighted by Crippen LogP contribution is -2.19. The molecule has 1 aromatic heterocycles. The number of methoxy groups -OCH3 is 2. The van der Waals surface area contributed by atoms with Gasteiger partial charge in [-0.2, -0.15) is 0 Å². The molecule has 0 unspecified atom stereocenters. The van der Waals surface area contributed by atoms with Crippen LogP contribution < -0.4 is 25.4 Å². The molecule has 9 heteroatoms. The monoisotopic (exact) mass is 448 g/mol. The van der Waals surface area contributed by atoms with Crippen molar-refractivity contribution in [3.63, 3.8) is 0 Å². The van der Waals surface area contributed by atoms with E-state index in [0.29, 0.717) is 39.1 Å². The molecule has 3 amide bonds. The molecule has 4 aromatic rings. The average molecular weight is 449 g/mol. The van der Waals surface area contributed by atoms with Crippen molar-refractivity contribution in [2.75, 3.05) is 30.2 Å². The molecule has 8 nitrogen and oxygen atoms in total. The lowest BCUT2D eigenvalue weighted by Gasteiger charge is -2.10. The predicted molar refractivity (Wildman–Crippen MR) is 126 cm³/mol. The summed E-state index contributed by atoms with van der Waals surface area (Å²) in [5.41, 5.74) is 2.29. The third-order valence-corrected chi connectivity index (χ3v) is 5.46. The first-order valence-corrected chi connectivity index (χ1v) is 10.4. The summed E-state index contributed by atoms with van der Waals surface area (Å²) in [6.45, 7) is 0. The largest absolute Gasteiger partial charge is 0.497 e. The highest BCUT2D eigenvalue weighted by Crippen LogP contribution is 2.35. The van der Waals surface area contributed by atoms with Crippen molar-refractivity contribution in [3.05, 3.63) is 72.3 Å². The number of fused-ring (bicyclic) bond motifs is 1. The number of nitrogens with zero attached hydrogens (tertiary/aromatic N) is 1. The number of anilines is 3. The second kappa shape index (κ2) is 9.36. The van der Waals surface area contributed by atoms with E-state index in [9.17, 15) is 9.59 Å². The molecule has 0 spiro atoms. The summed E-state index contributed by atoms with van der Waals surface area (Å²) >= 11 is 1.29. The molecule has 0 saturated carbocycles. The third-order valence-electron chi connectivity index (χ3n) is 4.54. The van der Waals surface area contributed by atoms with Gasteiger partial charge in [0.25, 0.3) is 5.91 Å². The smallest absolute Gasteiger partial charge is 0.323 e. The number of benzene rings is 3. The van der Waals surface area contributed by atoms with Crippen LogP contribution in [0.5, 0.6) is 11.5 Å². The molecule has 0 saturated heterocycles. The normalized spacial score (nSPS) is 10.4. The van der Waals surface area contributed by atoms with Gasteiger partial charge in [0.1, 0.15) is 17.0 Å².